The topological polar surface area (TPSA) is 16.1 Å². The molecular weight excluding hydrogens is 252 g/mol. The van der Waals surface area contributed by atoms with Gasteiger partial charge in [0.2, 0.25) is 0 Å². The van der Waals surface area contributed by atoms with Crippen molar-refractivity contribution in [2.24, 2.45) is 11.8 Å². The molecule has 2 bridgehead atoms. The molecule has 2 nitrogen and oxygen atoms in total. The van der Waals surface area contributed by atoms with Crippen molar-refractivity contribution in [2.45, 2.75) is 25.7 Å². The van der Waals surface area contributed by atoms with Gasteiger partial charge >= 0.3 is 0 Å². The number of nitrogens with zero attached hydrogens (tertiary/aromatic N) is 2. The van der Waals surface area contributed by atoms with Crippen molar-refractivity contribution in [3.8, 4) is 0 Å². The van der Waals surface area contributed by atoms with E-state index in [-0.39, 0.29) is 0 Å². The Bertz CT molecular complexity index is 569. The van der Waals surface area contributed by atoms with Crippen molar-refractivity contribution >= 4 is 21.6 Å². The first-order chi connectivity index (χ1) is 9.40. The van der Waals surface area contributed by atoms with E-state index in [0.717, 1.165) is 11.8 Å². The molecule has 4 heterocycles. The summed E-state index contributed by atoms with van der Waals surface area (Å²) in [7, 11) is 0. The van der Waals surface area contributed by atoms with Crippen LogP contribution in [0.2, 0.25) is 0 Å². The number of aromatic nitrogens is 1. The molecule has 3 saturated heterocycles. The highest BCUT2D eigenvalue weighted by atomic mass is 32.1. The lowest BCUT2D eigenvalue weighted by atomic mass is 9.77. The summed E-state index contributed by atoms with van der Waals surface area (Å²) >= 11 is 1.66. The molecule has 2 aromatic rings. The number of rotatable bonds is 3. The van der Waals surface area contributed by atoms with Gasteiger partial charge in [0.1, 0.15) is 0 Å². The minimum Gasteiger partial charge on any atom is -0.303 e. The van der Waals surface area contributed by atoms with E-state index in [0.29, 0.717) is 0 Å². The highest BCUT2D eigenvalue weighted by molar-refractivity contribution is 7.13. The minimum atomic E-state index is 0.919. The number of benzene rings is 1. The summed E-state index contributed by atoms with van der Waals surface area (Å²) in [5, 5.41) is 1.38. The fraction of sp³-hybridized carbons (Fsp3) is 0.562. The molecule has 19 heavy (non-hydrogen) atoms. The Hall–Kier alpha value is -0.930. The van der Waals surface area contributed by atoms with Crippen molar-refractivity contribution < 1.29 is 0 Å². The van der Waals surface area contributed by atoms with Crippen LogP contribution in [0.4, 0.5) is 0 Å². The normalized spacial score (nSPS) is 30.0. The van der Waals surface area contributed by atoms with Crippen LogP contribution >= 0.6 is 11.5 Å². The summed E-state index contributed by atoms with van der Waals surface area (Å²) in [5.41, 5.74) is 1.33. The van der Waals surface area contributed by atoms with Crippen LogP contribution < -0.4 is 0 Å². The summed E-state index contributed by atoms with van der Waals surface area (Å²) < 4.78 is 6.01. The summed E-state index contributed by atoms with van der Waals surface area (Å²) in [5.74, 6) is 1.91. The Labute approximate surface area is 118 Å². The van der Waals surface area contributed by atoms with E-state index >= 15 is 0 Å². The van der Waals surface area contributed by atoms with E-state index in [9.17, 15) is 0 Å². The van der Waals surface area contributed by atoms with Crippen molar-refractivity contribution in [1.29, 1.82) is 0 Å². The zero-order chi connectivity index (χ0) is 12.7. The van der Waals surface area contributed by atoms with Crippen LogP contribution in [0.3, 0.4) is 0 Å². The molecule has 3 fully saturated rings. The molecule has 1 aromatic heterocycles. The van der Waals surface area contributed by atoms with Crippen molar-refractivity contribution in [2.75, 3.05) is 19.6 Å². The van der Waals surface area contributed by atoms with Gasteiger partial charge < -0.3 is 4.90 Å². The third kappa shape index (κ3) is 2.19. The predicted molar refractivity (Wildman–Crippen MR) is 80.6 cm³/mol. The van der Waals surface area contributed by atoms with Crippen LogP contribution in [0.15, 0.2) is 24.3 Å². The second-order valence-electron chi connectivity index (χ2n) is 6.06. The second kappa shape index (κ2) is 4.88. The van der Waals surface area contributed by atoms with Gasteiger partial charge in [0, 0.05) is 11.9 Å². The first-order valence-corrected chi connectivity index (χ1v) is 8.23. The molecule has 0 spiro atoms. The van der Waals surface area contributed by atoms with Gasteiger partial charge in [-0.25, -0.2) is 0 Å². The molecular formula is C16H20N2S. The largest absolute Gasteiger partial charge is 0.303 e. The highest BCUT2D eigenvalue weighted by Gasteiger charge is 2.33. The molecule has 0 amide bonds. The second-order valence-corrected chi connectivity index (χ2v) is 6.87. The van der Waals surface area contributed by atoms with Crippen molar-refractivity contribution in [3.05, 3.63) is 30.0 Å². The van der Waals surface area contributed by atoms with Crippen LogP contribution in [0.1, 0.15) is 25.0 Å². The van der Waals surface area contributed by atoms with E-state index in [1.807, 2.05) is 0 Å². The molecule has 0 aliphatic carbocycles. The van der Waals surface area contributed by atoms with E-state index in [1.165, 1.54) is 61.1 Å². The predicted octanol–water partition coefficient (Wildman–Crippen LogP) is 3.57. The summed E-state index contributed by atoms with van der Waals surface area (Å²) in [6.45, 7) is 4.04. The van der Waals surface area contributed by atoms with Gasteiger partial charge in [-0.15, -0.1) is 0 Å². The van der Waals surface area contributed by atoms with Gasteiger partial charge in [0.25, 0.3) is 0 Å². The monoisotopic (exact) mass is 272 g/mol. The van der Waals surface area contributed by atoms with Crippen molar-refractivity contribution in [3.63, 3.8) is 0 Å². The smallest absolute Gasteiger partial charge is 0.0620 e. The maximum atomic E-state index is 4.67. The molecule has 1 aromatic carbocycles. The van der Waals surface area contributed by atoms with Crippen LogP contribution in [0.25, 0.3) is 10.1 Å². The zero-order valence-electron chi connectivity index (χ0n) is 11.2. The lowest BCUT2D eigenvalue weighted by Gasteiger charge is -2.45. The van der Waals surface area contributed by atoms with Crippen LogP contribution in [0.5, 0.6) is 0 Å². The zero-order valence-corrected chi connectivity index (χ0v) is 12.0. The molecule has 3 aliphatic rings. The first-order valence-electron chi connectivity index (χ1n) is 7.46. The number of piperidine rings is 3. The molecule has 1 unspecified atom stereocenters. The third-order valence-corrected chi connectivity index (χ3v) is 5.86. The molecule has 100 valence electrons. The Balaban J connectivity index is 1.47. The van der Waals surface area contributed by atoms with Gasteiger partial charge in [-0.3, -0.25) is 0 Å². The number of hydrogen-bond donors (Lipinski definition) is 0. The molecule has 1 atom stereocenters. The fourth-order valence-electron chi connectivity index (χ4n) is 3.86. The van der Waals surface area contributed by atoms with Gasteiger partial charge in [0.15, 0.2) is 0 Å². The highest BCUT2D eigenvalue weighted by Crippen LogP contribution is 2.35. The number of aryl methyl sites for hydroxylation is 1. The third-order valence-electron chi connectivity index (χ3n) is 5.00. The van der Waals surface area contributed by atoms with E-state index in [2.05, 4.69) is 33.5 Å². The molecule has 0 N–H and O–H groups in total. The average Bonchev–Trinajstić information content (AvgIpc) is 2.90. The molecule has 0 radical (unpaired) electrons. The number of hydrogen-bond acceptors (Lipinski definition) is 3. The van der Waals surface area contributed by atoms with E-state index in [4.69, 9.17) is 0 Å². The van der Waals surface area contributed by atoms with Crippen LogP contribution in [0, 0.1) is 11.8 Å². The van der Waals surface area contributed by atoms with Gasteiger partial charge in [-0.05, 0) is 68.2 Å². The maximum Gasteiger partial charge on any atom is 0.0620 e. The Kier molecular flexibility index (Phi) is 3.04. The molecule has 3 aliphatic heterocycles. The summed E-state index contributed by atoms with van der Waals surface area (Å²) in [4.78, 5) is 2.66. The average molecular weight is 272 g/mol. The summed E-state index contributed by atoms with van der Waals surface area (Å²) in [6, 6.07) is 8.65. The Morgan fingerprint density at radius 2 is 2.05 bits per heavy atom. The lowest BCUT2D eigenvalue weighted by molar-refractivity contribution is 0.0469. The molecule has 3 heteroatoms. The standard InChI is InChI=1S/C16H20N2S/c1-2-4-16-14(3-1)15(17-19-16)6-5-13-11-18-9-7-12(13)8-10-18/h1-4,12-13H,5-11H2. The Morgan fingerprint density at radius 1 is 1.21 bits per heavy atom. The van der Waals surface area contributed by atoms with E-state index < -0.39 is 0 Å². The first kappa shape index (κ1) is 11.9. The molecule has 0 saturated carbocycles. The van der Waals surface area contributed by atoms with Crippen LogP contribution in [-0.2, 0) is 6.42 Å². The number of fused-ring (bicyclic) bond motifs is 4. The van der Waals surface area contributed by atoms with Crippen molar-refractivity contribution in [1.82, 2.24) is 9.27 Å². The van der Waals surface area contributed by atoms with Gasteiger partial charge in [-0.1, -0.05) is 18.2 Å². The van der Waals surface area contributed by atoms with Gasteiger partial charge in [-0.2, -0.15) is 4.37 Å². The Morgan fingerprint density at radius 3 is 2.84 bits per heavy atom. The minimum absolute atomic E-state index is 0.919. The lowest BCUT2D eigenvalue weighted by Crippen LogP contribution is -2.47. The van der Waals surface area contributed by atoms with Gasteiger partial charge in [0.05, 0.1) is 10.4 Å². The van der Waals surface area contributed by atoms with Crippen LogP contribution in [-0.4, -0.2) is 28.9 Å². The fourth-order valence-corrected chi connectivity index (χ4v) is 4.68. The van der Waals surface area contributed by atoms with E-state index in [1.54, 1.807) is 11.5 Å². The maximum absolute atomic E-state index is 4.67. The SMILES string of the molecule is c1ccc2c(CCC3CN4CCC3CC4)nsc2c1. The quantitative estimate of drug-likeness (QED) is 0.849. The summed E-state index contributed by atoms with van der Waals surface area (Å²) in [6.07, 6.45) is 5.36. The molecule has 5 rings (SSSR count).